The van der Waals surface area contributed by atoms with Crippen LogP contribution in [0.4, 0.5) is 0 Å². The van der Waals surface area contributed by atoms with Crippen molar-refractivity contribution in [3.63, 3.8) is 0 Å². The molecule has 2 aromatic rings. The summed E-state index contributed by atoms with van der Waals surface area (Å²) in [6.45, 7) is 5.55. The molecular weight excluding hydrogens is 416 g/mol. The molecule has 0 amide bonds. The molecule has 0 fully saturated rings. The van der Waals surface area contributed by atoms with Crippen molar-refractivity contribution in [3.05, 3.63) is 46.5 Å². The molecule has 0 saturated heterocycles. The van der Waals surface area contributed by atoms with Crippen LogP contribution in [0.3, 0.4) is 0 Å². The normalized spacial score (nSPS) is 17.6. The van der Waals surface area contributed by atoms with Crippen LogP contribution in [0.1, 0.15) is 34.6 Å². The van der Waals surface area contributed by atoms with Gasteiger partial charge >= 0.3 is 0 Å². The Kier molecular flexibility index (Phi) is 7.66. The number of ether oxygens (including phenoxy) is 4. The standard InChI is InChI=1S/C27H38N2O4/c1-28(18-22-13-21-16-26(32-4)27(33-5)17-23(21)22)9-6-10-29-11-7-19-14-24(30-2)25(31-3)15-20(19)8-12-29/h14-17,22H,6-13,18H2,1-5H3. The lowest BCUT2D eigenvalue weighted by Crippen LogP contribution is -2.34. The number of benzene rings is 2. The second-order valence-electron chi connectivity index (χ2n) is 9.24. The van der Waals surface area contributed by atoms with E-state index in [9.17, 15) is 0 Å². The third-order valence-electron chi connectivity index (χ3n) is 7.20. The van der Waals surface area contributed by atoms with Gasteiger partial charge in [-0.1, -0.05) is 0 Å². The zero-order chi connectivity index (χ0) is 23.4. The van der Waals surface area contributed by atoms with E-state index in [0.717, 1.165) is 75.0 Å². The average Bonchev–Trinajstić information content (AvgIpc) is 3.03. The van der Waals surface area contributed by atoms with Crippen LogP contribution in [0.5, 0.6) is 23.0 Å². The van der Waals surface area contributed by atoms with E-state index >= 15 is 0 Å². The van der Waals surface area contributed by atoms with Crippen molar-refractivity contribution in [2.45, 2.75) is 31.6 Å². The Morgan fingerprint density at radius 2 is 1.30 bits per heavy atom. The summed E-state index contributed by atoms with van der Waals surface area (Å²) in [5.74, 6) is 3.92. The van der Waals surface area contributed by atoms with Crippen LogP contribution in [-0.2, 0) is 19.3 Å². The van der Waals surface area contributed by atoms with E-state index in [0.29, 0.717) is 5.92 Å². The van der Waals surface area contributed by atoms with Crippen molar-refractivity contribution in [1.82, 2.24) is 9.80 Å². The van der Waals surface area contributed by atoms with Crippen LogP contribution in [0.15, 0.2) is 24.3 Å². The monoisotopic (exact) mass is 454 g/mol. The van der Waals surface area contributed by atoms with Crippen molar-refractivity contribution < 1.29 is 18.9 Å². The Morgan fingerprint density at radius 3 is 1.85 bits per heavy atom. The van der Waals surface area contributed by atoms with Crippen LogP contribution < -0.4 is 18.9 Å². The molecule has 1 unspecified atom stereocenters. The molecule has 1 atom stereocenters. The molecule has 2 aliphatic rings. The molecule has 180 valence electrons. The minimum Gasteiger partial charge on any atom is -0.493 e. The summed E-state index contributed by atoms with van der Waals surface area (Å²) in [5, 5.41) is 0. The van der Waals surface area contributed by atoms with Gasteiger partial charge in [0, 0.05) is 25.6 Å². The molecular formula is C27H38N2O4. The minimum atomic E-state index is 0.586. The number of likely N-dealkylation sites (N-methyl/N-ethyl adjacent to an activating group) is 1. The van der Waals surface area contributed by atoms with Crippen molar-refractivity contribution in [2.24, 2.45) is 0 Å². The summed E-state index contributed by atoms with van der Waals surface area (Å²) in [5.41, 5.74) is 5.59. The molecule has 1 aliphatic carbocycles. The van der Waals surface area contributed by atoms with Gasteiger partial charge in [0.2, 0.25) is 0 Å². The molecule has 2 aromatic carbocycles. The van der Waals surface area contributed by atoms with Gasteiger partial charge in [-0.05, 0) is 92.3 Å². The molecule has 0 saturated carbocycles. The molecule has 0 N–H and O–H groups in total. The lowest BCUT2D eigenvalue weighted by atomic mass is 9.77. The zero-order valence-electron chi connectivity index (χ0n) is 20.8. The third-order valence-corrected chi connectivity index (χ3v) is 7.20. The van der Waals surface area contributed by atoms with Crippen LogP contribution in [0, 0.1) is 0 Å². The van der Waals surface area contributed by atoms with Crippen molar-refractivity contribution in [3.8, 4) is 23.0 Å². The van der Waals surface area contributed by atoms with Gasteiger partial charge in [-0.25, -0.2) is 0 Å². The number of methoxy groups -OCH3 is 4. The van der Waals surface area contributed by atoms with Crippen molar-refractivity contribution in [1.29, 1.82) is 0 Å². The van der Waals surface area contributed by atoms with E-state index in [-0.39, 0.29) is 0 Å². The molecule has 0 radical (unpaired) electrons. The number of rotatable bonds is 10. The maximum absolute atomic E-state index is 5.50. The molecule has 6 heteroatoms. The molecule has 0 aromatic heterocycles. The molecule has 0 bridgehead atoms. The highest BCUT2D eigenvalue weighted by molar-refractivity contribution is 5.53. The highest BCUT2D eigenvalue weighted by Crippen LogP contribution is 2.42. The molecule has 1 heterocycles. The SMILES string of the molecule is COc1cc2c(cc1OC)CCN(CCCN(C)CC1Cc3cc(OC)c(OC)cc31)CC2. The molecule has 4 rings (SSSR count). The van der Waals surface area contributed by atoms with E-state index in [1.54, 1.807) is 28.4 Å². The van der Waals surface area contributed by atoms with Crippen molar-refractivity contribution >= 4 is 0 Å². The fourth-order valence-electron chi connectivity index (χ4n) is 5.25. The van der Waals surface area contributed by atoms with Gasteiger partial charge in [0.25, 0.3) is 0 Å². The van der Waals surface area contributed by atoms with Gasteiger partial charge in [-0.3, -0.25) is 0 Å². The van der Waals surface area contributed by atoms with Crippen LogP contribution in [0.25, 0.3) is 0 Å². The van der Waals surface area contributed by atoms with E-state index in [1.807, 2.05) is 0 Å². The van der Waals surface area contributed by atoms with E-state index < -0.39 is 0 Å². The summed E-state index contributed by atoms with van der Waals surface area (Å²) < 4.78 is 21.9. The first-order valence-electron chi connectivity index (χ1n) is 12.0. The Morgan fingerprint density at radius 1 is 0.788 bits per heavy atom. The predicted molar refractivity (Wildman–Crippen MR) is 131 cm³/mol. The lowest BCUT2D eigenvalue weighted by molar-refractivity contribution is 0.243. The number of nitrogens with zero attached hydrogens (tertiary/aromatic N) is 2. The van der Waals surface area contributed by atoms with Crippen LogP contribution >= 0.6 is 0 Å². The second kappa shape index (κ2) is 10.7. The van der Waals surface area contributed by atoms with E-state index in [2.05, 4.69) is 41.1 Å². The summed E-state index contributed by atoms with van der Waals surface area (Å²) in [6.07, 6.45) is 4.44. The fourth-order valence-corrected chi connectivity index (χ4v) is 5.25. The van der Waals surface area contributed by atoms with E-state index in [1.165, 1.54) is 28.7 Å². The van der Waals surface area contributed by atoms with Gasteiger partial charge in [-0.2, -0.15) is 0 Å². The van der Waals surface area contributed by atoms with Gasteiger partial charge in [0.05, 0.1) is 28.4 Å². The maximum atomic E-state index is 5.50. The molecule has 1 aliphatic heterocycles. The third kappa shape index (κ3) is 5.22. The largest absolute Gasteiger partial charge is 0.493 e. The summed E-state index contributed by atoms with van der Waals surface area (Å²) >= 11 is 0. The fraction of sp³-hybridized carbons (Fsp3) is 0.556. The first-order chi connectivity index (χ1) is 16.1. The Balaban J connectivity index is 1.24. The van der Waals surface area contributed by atoms with Gasteiger partial charge in [0.1, 0.15) is 0 Å². The summed E-state index contributed by atoms with van der Waals surface area (Å²) in [4.78, 5) is 5.08. The van der Waals surface area contributed by atoms with Gasteiger partial charge in [-0.15, -0.1) is 0 Å². The highest BCUT2D eigenvalue weighted by Gasteiger charge is 2.29. The minimum absolute atomic E-state index is 0.586. The second-order valence-corrected chi connectivity index (χ2v) is 9.24. The molecule has 6 nitrogen and oxygen atoms in total. The average molecular weight is 455 g/mol. The zero-order valence-corrected chi connectivity index (χ0v) is 20.8. The number of hydrogen-bond acceptors (Lipinski definition) is 6. The first-order valence-corrected chi connectivity index (χ1v) is 12.0. The summed E-state index contributed by atoms with van der Waals surface area (Å²) in [6, 6.07) is 8.61. The molecule has 0 spiro atoms. The quantitative estimate of drug-likeness (QED) is 0.544. The number of fused-ring (bicyclic) bond motifs is 2. The van der Waals surface area contributed by atoms with E-state index in [4.69, 9.17) is 18.9 Å². The van der Waals surface area contributed by atoms with Crippen LogP contribution in [0.2, 0.25) is 0 Å². The van der Waals surface area contributed by atoms with Gasteiger partial charge in [0.15, 0.2) is 23.0 Å². The summed E-state index contributed by atoms with van der Waals surface area (Å²) in [7, 11) is 9.07. The highest BCUT2D eigenvalue weighted by atomic mass is 16.5. The van der Waals surface area contributed by atoms with Gasteiger partial charge < -0.3 is 28.7 Å². The van der Waals surface area contributed by atoms with Crippen LogP contribution in [-0.4, -0.2) is 78.0 Å². The van der Waals surface area contributed by atoms with Crippen molar-refractivity contribution in [2.75, 3.05) is 68.2 Å². The number of hydrogen-bond donors (Lipinski definition) is 0. The first kappa shape index (κ1) is 23.7. The Hall–Kier alpha value is -2.44. The topological polar surface area (TPSA) is 43.4 Å². The maximum Gasteiger partial charge on any atom is 0.161 e. The predicted octanol–water partition coefficient (Wildman–Crippen LogP) is 3.78. The molecule has 33 heavy (non-hydrogen) atoms. The Bertz CT molecular complexity index is 927. The Labute approximate surface area is 198 Å². The smallest absolute Gasteiger partial charge is 0.161 e. The lowest BCUT2D eigenvalue weighted by Gasteiger charge is -2.34.